The molecule has 0 aliphatic heterocycles. The van der Waals surface area contributed by atoms with Crippen molar-refractivity contribution in [1.82, 2.24) is 5.32 Å². The Morgan fingerprint density at radius 1 is 0.373 bits per heavy atom. The molecule has 3 atom stereocenters. The van der Waals surface area contributed by atoms with E-state index in [4.69, 9.17) is 0 Å². The smallest absolute Gasteiger partial charge is 0.222 e. The van der Waals surface area contributed by atoms with Crippen LogP contribution in [0.25, 0.3) is 0 Å². The third-order valence-corrected chi connectivity index (χ3v) is 14.5. The normalized spacial score (nSPS) is 13.3. The van der Waals surface area contributed by atoms with Crippen LogP contribution in [-0.4, -0.2) is 46.1 Å². The minimum absolute atomic E-state index is 0.0172. The molecule has 5 heteroatoms. The number of unbranched alkanes of at least 4 members (excludes halogenated alkanes) is 46. The number of allylic oxidation sites excluding steroid dienone is 3. The minimum Gasteiger partial charge on any atom is -0.394 e. The maximum atomic E-state index is 12.5. The van der Waals surface area contributed by atoms with Crippen LogP contribution in [0.1, 0.15) is 341 Å². The predicted molar refractivity (Wildman–Crippen MR) is 296 cm³/mol. The summed E-state index contributed by atoms with van der Waals surface area (Å²) in [6, 6.07) is -0.743. The van der Waals surface area contributed by atoms with Crippen molar-refractivity contribution >= 4 is 5.91 Å². The number of hydrogen-bond acceptors (Lipinski definition) is 4. The molecule has 5 nitrogen and oxygen atoms in total. The Labute approximate surface area is 420 Å². The highest BCUT2D eigenvalue weighted by molar-refractivity contribution is 5.76. The summed E-state index contributed by atoms with van der Waals surface area (Å²) in [6.45, 7) is 4.25. The lowest BCUT2D eigenvalue weighted by molar-refractivity contribution is -0.124. The molecule has 0 radical (unpaired) electrons. The van der Waals surface area contributed by atoms with Crippen LogP contribution in [0, 0.1) is 0 Å². The molecule has 0 aliphatic carbocycles. The quantitative estimate of drug-likeness (QED) is 0.0361. The van der Waals surface area contributed by atoms with E-state index in [0.717, 1.165) is 25.7 Å². The van der Waals surface area contributed by atoms with E-state index in [1.54, 1.807) is 6.08 Å². The average molecular weight is 945 g/mol. The molecule has 0 rings (SSSR count). The molecule has 0 aromatic heterocycles. The van der Waals surface area contributed by atoms with Gasteiger partial charge in [-0.25, -0.2) is 0 Å². The van der Waals surface area contributed by atoms with Crippen molar-refractivity contribution in [3.8, 4) is 0 Å². The van der Waals surface area contributed by atoms with E-state index in [1.165, 1.54) is 289 Å². The van der Waals surface area contributed by atoms with Gasteiger partial charge in [0.25, 0.3) is 0 Å². The summed E-state index contributed by atoms with van der Waals surface area (Å²) in [5.74, 6) is -0.310. The fourth-order valence-corrected chi connectivity index (χ4v) is 9.81. The van der Waals surface area contributed by atoms with E-state index >= 15 is 0 Å². The van der Waals surface area contributed by atoms with Crippen LogP contribution >= 0.6 is 0 Å². The molecule has 0 saturated heterocycles. The van der Waals surface area contributed by atoms with Crippen LogP contribution in [-0.2, 0) is 4.79 Å². The minimum atomic E-state index is -0.927. The van der Waals surface area contributed by atoms with E-state index in [9.17, 15) is 20.1 Å². The number of carbonyl (C=O) groups is 1. The van der Waals surface area contributed by atoms with Gasteiger partial charge in [0.1, 0.15) is 0 Å². The van der Waals surface area contributed by atoms with Crippen molar-refractivity contribution in [2.75, 3.05) is 6.61 Å². The molecule has 67 heavy (non-hydrogen) atoms. The molecule has 4 N–H and O–H groups in total. The first-order valence-electron chi connectivity index (χ1n) is 30.6. The molecule has 0 spiro atoms. The van der Waals surface area contributed by atoms with E-state index in [-0.39, 0.29) is 18.9 Å². The van der Waals surface area contributed by atoms with E-state index in [0.29, 0.717) is 6.42 Å². The maximum absolute atomic E-state index is 12.5. The van der Waals surface area contributed by atoms with Gasteiger partial charge in [-0.05, 0) is 44.9 Å². The second kappa shape index (κ2) is 57.4. The second-order valence-corrected chi connectivity index (χ2v) is 21.3. The Bertz CT molecular complexity index is 998. The molecule has 0 bridgehead atoms. The summed E-state index contributed by atoms with van der Waals surface area (Å²) < 4.78 is 0. The van der Waals surface area contributed by atoms with Crippen molar-refractivity contribution in [2.45, 2.75) is 360 Å². The van der Waals surface area contributed by atoms with Crippen molar-refractivity contribution in [2.24, 2.45) is 0 Å². The Morgan fingerprint density at radius 2 is 0.627 bits per heavy atom. The second-order valence-electron chi connectivity index (χ2n) is 21.3. The largest absolute Gasteiger partial charge is 0.394 e. The van der Waals surface area contributed by atoms with Gasteiger partial charge in [0.2, 0.25) is 5.91 Å². The number of rotatable bonds is 57. The summed E-state index contributed by atoms with van der Waals surface area (Å²) in [5.41, 5.74) is 0. The summed E-state index contributed by atoms with van der Waals surface area (Å²) in [7, 11) is 0. The third-order valence-electron chi connectivity index (χ3n) is 14.5. The van der Waals surface area contributed by atoms with Crippen LogP contribution in [0.4, 0.5) is 0 Å². The molecule has 0 saturated carbocycles. The maximum Gasteiger partial charge on any atom is 0.222 e. The van der Waals surface area contributed by atoms with Gasteiger partial charge in [0, 0.05) is 0 Å². The van der Waals surface area contributed by atoms with Crippen molar-refractivity contribution in [3.05, 3.63) is 24.3 Å². The molecular formula is C62H121NO4. The van der Waals surface area contributed by atoms with Crippen LogP contribution in [0.3, 0.4) is 0 Å². The van der Waals surface area contributed by atoms with Crippen LogP contribution in [0.15, 0.2) is 24.3 Å². The van der Waals surface area contributed by atoms with Gasteiger partial charge in [-0.2, -0.15) is 0 Å². The number of carbonyl (C=O) groups excluding carboxylic acids is 1. The SMILES string of the molecule is CCCCCCCCCCCCCCCCC/C=C/C(O)C(CO)NC(=O)CC(O)CCCCCCCCCCCCCCCCC/C=C\CCCCCCCCCCCCCCCCCC. The van der Waals surface area contributed by atoms with Gasteiger partial charge in [0.15, 0.2) is 0 Å². The topological polar surface area (TPSA) is 89.8 Å². The van der Waals surface area contributed by atoms with E-state index < -0.39 is 18.2 Å². The van der Waals surface area contributed by atoms with Crippen molar-refractivity contribution in [3.63, 3.8) is 0 Å². The lowest BCUT2D eigenvalue weighted by atomic mass is 10.0. The van der Waals surface area contributed by atoms with Gasteiger partial charge in [-0.15, -0.1) is 0 Å². The molecule has 0 aliphatic rings. The van der Waals surface area contributed by atoms with Gasteiger partial charge >= 0.3 is 0 Å². The number of aliphatic hydroxyl groups is 3. The van der Waals surface area contributed by atoms with Crippen molar-refractivity contribution < 1.29 is 20.1 Å². The highest BCUT2D eigenvalue weighted by Gasteiger charge is 2.20. The van der Waals surface area contributed by atoms with E-state index in [2.05, 4.69) is 31.3 Å². The number of hydrogen-bond donors (Lipinski definition) is 4. The van der Waals surface area contributed by atoms with Crippen LogP contribution in [0.2, 0.25) is 0 Å². The fourth-order valence-electron chi connectivity index (χ4n) is 9.81. The molecule has 398 valence electrons. The molecule has 1 amide bonds. The zero-order chi connectivity index (χ0) is 48.6. The number of amides is 1. The summed E-state index contributed by atoms with van der Waals surface area (Å²) in [6.07, 6.45) is 74.0. The van der Waals surface area contributed by atoms with Gasteiger partial charge in [-0.3, -0.25) is 4.79 Å². The first kappa shape index (κ1) is 65.8. The molecule has 0 fully saturated rings. The lowest BCUT2D eigenvalue weighted by Gasteiger charge is -2.21. The molecule has 0 aromatic rings. The van der Waals surface area contributed by atoms with E-state index in [1.807, 2.05) is 6.08 Å². The zero-order valence-corrected chi connectivity index (χ0v) is 45.6. The summed E-state index contributed by atoms with van der Waals surface area (Å²) in [4.78, 5) is 12.5. The molecule has 0 aromatic carbocycles. The molecule has 0 heterocycles. The Balaban J connectivity index is 3.48. The Hall–Kier alpha value is -1.17. The zero-order valence-electron chi connectivity index (χ0n) is 45.6. The Kier molecular flexibility index (Phi) is 56.4. The third kappa shape index (κ3) is 54.0. The summed E-state index contributed by atoms with van der Waals surface area (Å²) in [5, 5.41) is 33.5. The Morgan fingerprint density at radius 3 is 0.910 bits per heavy atom. The first-order valence-corrected chi connectivity index (χ1v) is 30.6. The average Bonchev–Trinajstić information content (AvgIpc) is 3.32. The molecular weight excluding hydrogens is 823 g/mol. The lowest BCUT2D eigenvalue weighted by Crippen LogP contribution is -2.45. The van der Waals surface area contributed by atoms with Crippen LogP contribution in [0.5, 0.6) is 0 Å². The predicted octanol–water partition coefficient (Wildman–Crippen LogP) is 19.2. The van der Waals surface area contributed by atoms with Crippen molar-refractivity contribution in [1.29, 1.82) is 0 Å². The fraction of sp³-hybridized carbons (Fsp3) is 0.919. The standard InChI is InChI=1S/C62H121NO4/c1-3-5-7-9-11-13-15-17-19-21-22-23-24-25-26-27-28-29-30-31-32-33-34-35-36-37-38-40-41-43-45-47-49-51-53-55-59(65)57-62(67)63-60(58-64)61(66)56-54-52-50-48-46-44-42-39-20-18-16-14-12-10-8-6-4-2/h29-30,54,56,59-61,64-66H,3-28,31-53,55,57-58H2,1-2H3,(H,63,67)/b30-29-,56-54+. The monoisotopic (exact) mass is 944 g/mol. The highest BCUT2D eigenvalue weighted by atomic mass is 16.3. The number of aliphatic hydroxyl groups excluding tert-OH is 3. The van der Waals surface area contributed by atoms with Gasteiger partial charge in [0.05, 0.1) is 31.3 Å². The van der Waals surface area contributed by atoms with Crippen LogP contribution < -0.4 is 5.32 Å². The first-order chi connectivity index (χ1) is 33.0. The molecule has 3 unspecified atom stereocenters. The number of nitrogens with one attached hydrogen (secondary N) is 1. The summed E-state index contributed by atoms with van der Waals surface area (Å²) >= 11 is 0. The highest BCUT2D eigenvalue weighted by Crippen LogP contribution is 2.18. The van der Waals surface area contributed by atoms with Gasteiger partial charge < -0.3 is 20.6 Å². The van der Waals surface area contributed by atoms with Gasteiger partial charge in [-0.1, -0.05) is 314 Å².